The molecule has 1 rings (SSSR count). The van der Waals surface area contributed by atoms with E-state index in [9.17, 15) is 9.90 Å². The van der Waals surface area contributed by atoms with E-state index in [1.807, 2.05) is 6.92 Å². The number of hydrogen-bond donors (Lipinski definition) is 2. The van der Waals surface area contributed by atoms with E-state index >= 15 is 0 Å². The van der Waals surface area contributed by atoms with Crippen LogP contribution < -0.4 is 10.1 Å². The Morgan fingerprint density at radius 3 is 2.21 bits per heavy atom. The van der Waals surface area contributed by atoms with Crippen LogP contribution in [0.15, 0.2) is 24.3 Å². The molecule has 0 heterocycles. The highest BCUT2D eigenvalue weighted by atomic mass is 28.4. The lowest BCUT2D eigenvalue weighted by molar-refractivity contribution is -0.124. The lowest BCUT2D eigenvalue weighted by atomic mass is 10.0. The zero-order chi connectivity index (χ0) is 18.5. The average Bonchev–Trinajstić information content (AvgIpc) is 2.47. The van der Waals surface area contributed by atoms with Crippen molar-refractivity contribution < 1.29 is 19.1 Å². The first-order valence-electron chi connectivity index (χ1n) is 8.25. The fourth-order valence-corrected chi connectivity index (χ4v) is 3.52. The van der Waals surface area contributed by atoms with Crippen LogP contribution in [0.3, 0.4) is 0 Å². The van der Waals surface area contributed by atoms with E-state index in [1.54, 1.807) is 31.4 Å². The third kappa shape index (κ3) is 5.33. The molecule has 0 fully saturated rings. The van der Waals surface area contributed by atoms with Gasteiger partial charge in [-0.15, -0.1) is 0 Å². The van der Waals surface area contributed by atoms with Gasteiger partial charge in [-0.2, -0.15) is 0 Å². The van der Waals surface area contributed by atoms with Gasteiger partial charge < -0.3 is 19.6 Å². The first-order valence-corrected chi connectivity index (χ1v) is 11.2. The number of carbonyl (C=O) groups excluding carboxylic acids is 1. The van der Waals surface area contributed by atoms with Crippen molar-refractivity contribution >= 4 is 19.9 Å². The molecule has 136 valence electrons. The Balaban J connectivity index is 2.78. The summed E-state index contributed by atoms with van der Waals surface area (Å²) in [6, 6.07) is 7.09. The van der Waals surface area contributed by atoms with Crippen LogP contribution in [0, 0.1) is 5.92 Å². The molecule has 0 unspecified atom stereocenters. The van der Waals surface area contributed by atoms with Crippen LogP contribution in [0.4, 0.5) is 5.69 Å². The summed E-state index contributed by atoms with van der Waals surface area (Å²) in [5.74, 6) is -0.128. The predicted octanol–water partition coefficient (Wildman–Crippen LogP) is 3.65. The molecular formula is C18H31NO4Si. The molecule has 0 bridgehead atoms. The van der Waals surface area contributed by atoms with Crippen LogP contribution in [0.5, 0.6) is 5.75 Å². The molecule has 6 heteroatoms. The number of rotatable bonds is 7. The van der Waals surface area contributed by atoms with Crippen LogP contribution in [0.1, 0.15) is 27.7 Å². The molecular weight excluding hydrogens is 322 g/mol. The van der Waals surface area contributed by atoms with Gasteiger partial charge in [0.25, 0.3) is 0 Å². The molecule has 2 atom stereocenters. The quantitative estimate of drug-likeness (QED) is 0.734. The maximum atomic E-state index is 12.5. The van der Waals surface area contributed by atoms with Crippen molar-refractivity contribution in [3.8, 4) is 5.75 Å². The average molecular weight is 354 g/mol. The maximum Gasteiger partial charge on any atom is 0.232 e. The zero-order valence-electron chi connectivity index (χ0n) is 15.8. The van der Waals surface area contributed by atoms with Gasteiger partial charge >= 0.3 is 0 Å². The molecule has 5 nitrogen and oxygen atoms in total. The molecule has 0 aliphatic rings. The number of nitrogens with one attached hydrogen (secondary N) is 1. The molecule has 2 N–H and O–H groups in total. The minimum Gasteiger partial charge on any atom is -0.497 e. The van der Waals surface area contributed by atoms with E-state index in [2.05, 4.69) is 39.2 Å². The molecule has 1 aromatic rings. The van der Waals surface area contributed by atoms with E-state index < -0.39 is 14.2 Å². The summed E-state index contributed by atoms with van der Waals surface area (Å²) >= 11 is 0. The highest BCUT2D eigenvalue weighted by Crippen LogP contribution is 2.38. The third-order valence-corrected chi connectivity index (χ3v) is 9.32. The number of hydrogen-bond acceptors (Lipinski definition) is 4. The minimum absolute atomic E-state index is 0.0493. The van der Waals surface area contributed by atoms with Crippen LogP contribution in [0.2, 0.25) is 18.1 Å². The molecule has 0 radical (unpaired) electrons. The Morgan fingerprint density at radius 1 is 1.25 bits per heavy atom. The van der Waals surface area contributed by atoms with Crippen molar-refractivity contribution in [2.75, 3.05) is 19.0 Å². The number of aliphatic hydroxyl groups is 1. The molecule has 0 saturated carbocycles. The summed E-state index contributed by atoms with van der Waals surface area (Å²) in [5, 5.41) is 12.6. The highest BCUT2D eigenvalue weighted by molar-refractivity contribution is 6.74. The standard InChI is InChI=1S/C18H31NO4Si/c1-13(23-24(6,7)18(2,3)4)16(12-20)17(21)19-14-8-10-15(22-5)11-9-14/h8-11,13,16,20H,12H2,1-7H3,(H,19,21)/t13-,16+/m1/s1. The minimum atomic E-state index is -2.00. The number of carbonyl (C=O) groups is 1. The fraction of sp³-hybridized carbons (Fsp3) is 0.611. The van der Waals surface area contributed by atoms with Gasteiger partial charge in [-0.25, -0.2) is 0 Å². The van der Waals surface area contributed by atoms with Crippen LogP contribution in [0.25, 0.3) is 0 Å². The fourth-order valence-electron chi connectivity index (χ4n) is 2.08. The van der Waals surface area contributed by atoms with Gasteiger partial charge in [0, 0.05) is 5.69 Å². The lowest BCUT2D eigenvalue weighted by Gasteiger charge is -2.39. The van der Waals surface area contributed by atoms with Crippen molar-refractivity contribution in [1.29, 1.82) is 0 Å². The van der Waals surface area contributed by atoms with Gasteiger partial charge in [-0.05, 0) is 49.3 Å². The van der Waals surface area contributed by atoms with Crippen molar-refractivity contribution in [2.45, 2.75) is 51.9 Å². The first kappa shape index (κ1) is 20.7. The zero-order valence-corrected chi connectivity index (χ0v) is 16.8. The number of ether oxygens (including phenoxy) is 1. The van der Waals surface area contributed by atoms with Gasteiger partial charge in [0.1, 0.15) is 5.75 Å². The summed E-state index contributed by atoms with van der Waals surface area (Å²) in [5.41, 5.74) is 0.666. The van der Waals surface area contributed by atoms with Gasteiger partial charge in [0.05, 0.1) is 25.7 Å². The SMILES string of the molecule is COc1ccc(NC(=O)[C@@H](CO)[C@@H](C)O[Si](C)(C)C(C)(C)C)cc1. The van der Waals surface area contributed by atoms with Gasteiger partial charge in [0.2, 0.25) is 5.91 Å². The van der Waals surface area contributed by atoms with Crippen LogP contribution in [-0.2, 0) is 9.22 Å². The molecule has 0 aromatic heterocycles. The predicted molar refractivity (Wildman–Crippen MR) is 99.9 cm³/mol. The smallest absolute Gasteiger partial charge is 0.232 e. The Labute approximate surface area is 146 Å². The molecule has 0 spiro atoms. The third-order valence-electron chi connectivity index (χ3n) is 4.74. The number of amides is 1. The molecule has 24 heavy (non-hydrogen) atoms. The van der Waals surface area contributed by atoms with Gasteiger partial charge in [-0.1, -0.05) is 20.8 Å². The number of benzene rings is 1. The van der Waals surface area contributed by atoms with Crippen molar-refractivity contribution in [3.05, 3.63) is 24.3 Å². The Bertz CT molecular complexity index is 537. The number of anilines is 1. The Hall–Kier alpha value is -1.37. The summed E-state index contributed by atoms with van der Waals surface area (Å²) in [4.78, 5) is 12.5. The first-order chi connectivity index (χ1) is 11.0. The molecule has 1 amide bonds. The van der Waals surface area contributed by atoms with Crippen LogP contribution in [-0.4, -0.2) is 39.2 Å². The van der Waals surface area contributed by atoms with E-state index in [0.29, 0.717) is 5.69 Å². The van der Waals surface area contributed by atoms with Crippen LogP contribution >= 0.6 is 0 Å². The van der Waals surface area contributed by atoms with Gasteiger partial charge in [0.15, 0.2) is 8.32 Å². The summed E-state index contributed by atoms with van der Waals surface area (Å²) in [6.07, 6.45) is -0.353. The van der Waals surface area contributed by atoms with E-state index in [4.69, 9.17) is 9.16 Å². The normalized spacial score (nSPS) is 14.8. The van der Waals surface area contributed by atoms with E-state index in [0.717, 1.165) is 5.75 Å². The monoisotopic (exact) mass is 353 g/mol. The topological polar surface area (TPSA) is 67.8 Å². The molecule has 0 aliphatic carbocycles. The number of methoxy groups -OCH3 is 1. The molecule has 0 saturated heterocycles. The van der Waals surface area contributed by atoms with E-state index in [1.165, 1.54) is 0 Å². The second-order valence-corrected chi connectivity index (χ2v) is 12.3. The van der Waals surface area contributed by atoms with Crippen molar-refractivity contribution in [3.63, 3.8) is 0 Å². The second kappa shape index (κ2) is 8.14. The van der Waals surface area contributed by atoms with Crippen molar-refractivity contribution in [2.24, 2.45) is 5.92 Å². The maximum absolute atomic E-state index is 12.5. The largest absolute Gasteiger partial charge is 0.497 e. The summed E-state index contributed by atoms with van der Waals surface area (Å²) in [7, 11) is -0.412. The Kier molecular flexibility index (Phi) is 7.01. The molecule has 0 aliphatic heterocycles. The summed E-state index contributed by atoms with van der Waals surface area (Å²) < 4.78 is 11.3. The Morgan fingerprint density at radius 2 is 1.79 bits per heavy atom. The second-order valence-electron chi connectivity index (χ2n) is 7.59. The molecule has 1 aromatic carbocycles. The highest BCUT2D eigenvalue weighted by Gasteiger charge is 2.40. The van der Waals surface area contributed by atoms with E-state index in [-0.39, 0.29) is 23.7 Å². The van der Waals surface area contributed by atoms with Crippen molar-refractivity contribution in [1.82, 2.24) is 0 Å². The number of aliphatic hydroxyl groups excluding tert-OH is 1. The van der Waals surface area contributed by atoms with Gasteiger partial charge in [-0.3, -0.25) is 4.79 Å². The lowest BCUT2D eigenvalue weighted by Crippen LogP contribution is -2.47. The summed E-state index contributed by atoms with van der Waals surface area (Å²) in [6.45, 7) is 12.3.